The van der Waals surface area contributed by atoms with Crippen LogP contribution in [0.25, 0.3) is 0 Å². The number of nitriles is 1. The first-order valence-corrected chi connectivity index (χ1v) is 4.66. The minimum Gasteiger partial charge on any atom is -0.469 e. The summed E-state index contributed by atoms with van der Waals surface area (Å²) in [5.41, 5.74) is 0.580. The van der Waals surface area contributed by atoms with Crippen molar-refractivity contribution in [1.82, 2.24) is 4.98 Å². The van der Waals surface area contributed by atoms with Gasteiger partial charge < -0.3 is 9.47 Å². The summed E-state index contributed by atoms with van der Waals surface area (Å²) in [4.78, 5) is 26.3. The lowest BCUT2D eigenvalue weighted by Crippen LogP contribution is -2.13. The van der Waals surface area contributed by atoms with Gasteiger partial charge in [0.1, 0.15) is 6.07 Å². The number of hydrogen-bond acceptors (Lipinski definition) is 6. The predicted octanol–water partition coefficient (Wildman–Crippen LogP) is 0.455. The average Bonchev–Trinajstić information content (AvgIpc) is 2.37. The van der Waals surface area contributed by atoms with E-state index in [2.05, 4.69) is 14.5 Å². The smallest absolute Gasteiger partial charge is 0.356 e. The van der Waals surface area contributed by atoms with Crippen molar-refractivity contribution in [3.63, 3.8) is 0 Å². The maximum atomic E-state index is 11.4. The molecule has 6 nitrogen and oxygen atoms in total. The highest BCUT2D eigenvalue weighted by molar-refractivity contribution is 5.90. The Kier molecular flexibility index (Phi) is 4.17. The van der Waals surface area contributed by atoms with Gasteiger partial charge in [0.05, 0.1) is 26.2 Å². The number of ether oxygens (including phenoxy) is 2. The first kappa shape index (κ1) is 12.6. The van der Waals surface area contributed by atoms with Gasteiger partial charge >= 0.3 is 11.9 Å². The van der Waals surface area contributed by atoms with Crippen molar-refractivity contribution in [1.29, 1.82) is 5.26 Å². The summed E-state index contributed by atoms with van der Waals surface area (Å²) in [6, 6.07) is 3.29. The lowest BCUT2D eigenvalue weighted by molar-refractivity contribution is -0.139. The van der Waals surface area contributed by atoms with Crippen LogP contribution in [0.15, 0.2) is 12.3 Å². The van der Waals surface area contributed by atoms with Gasteiger partial charge in [-0.25, -0.2) is 9.78 Å². The molecule has 0 aliphatic carbocycles. The van der Waals surface area contributed by atoms with E-state index in [1.807, 2.05) is 6.07 Å². The maximum Gasteiger partial charge on any atom is 0.356 e. The minimum absolute atomic E-state index is 0.0110. The Labute approximate surface area is 97.8 Å². The van der Waals surface area contributed by atoms with Crippen LogP contribution in [0.4, 0.5) is 0 Å². The van der Waals surface area contributed by atoms with Gasteiger partial charge in [-0.05, 0) is 11.6 Å². The molecule has 0 aromatic carbocycles. The third-order valence-corrected chi connectivity index (χ3v) is 2.04. The quantitative estimate of drug-likeness (QED) is 0.705. The molecule has 0 N–H and O–H groups in total. The summed E-state index contributed by atoms with van der Waals surface area (Å²) in [6.07, 6.45) is 1.11. The van der Waals surface area contributed by atoms with Crippen molar-refractivity contribution in [3.8, 4) is 6.07 Å². The zero-order chi connectivity index (χ0) is 12.8. The lowest BCUT2D eigenvalue weighted by Gasteiger charge is -2.06. The number of esters is 2. The summed E-state index contributed by atoms with van der Waals surface area (Å²) >= 11 is 0. The van der Waals surface area contributed by atoms with Gasteiger partial charge in [-0.15, -0.1) is 0 Å². The summed E-state index contributed by atoms with van der Waals surface area (Å²) in [5, 5.41) is 8.72. The molecule has 1 rings (SSSR count). The van der Waals surface area contributed by atoms with Crippen molar-refractivity contribution in [2.45, 2.75) is 6.42 Å². The first-order chi connectivity index (χ1) is 8.12. The monoisotopic (exact) mass is 234 g/mol. The lowest BCUT2D eigenvalue weighted by atomic mass is 10.1. The number of nitrogens with zero attached hydrogens (tertiary/aromatic N) is 2. The molecule has 0 amide bonds. The van der Waals surface area contributed by atoms with Crippen molar-refractivity contribution in [2.75, 3.05) is 14.2 Å². The van der Waals surface area contributed by atoms with Crippen LogP contribution >= 0.6 is 0 Å². The molecule has 0 unspecified atom stereocenters. The zero-order valence-corrected chi connectivity index (χ0v) is 9.39. The van der Waals surface area contributed by atoms with E-state index in [1.54, 1.807) is 0 Å². The van der Waals surface area contributed by atoms with Crippen molar-refractivity contribution < 1.29 is 19.1 Å². The molecule has 88 valence electrons. The van der Waals surface area contributed by atoms with Crippen LogP contribution in [0, 0.1) is 11.3 Å². The highest BCUT2D eigenvalue weighted by Gasteiger charge is 2.17. The molecule has 1 heterocycles. The van der Waals surface area contributed by atoms with Crippen molar-refractivity contribution in [2.24, 2.45) is 0 Å². The molecule has 1 aromatic heterocycles. The molecular weight excluding hydrogens is 224 g/mol. The van der Waals surface area contributed by atoms with Gasteiger partial charge in [0.2, 0.25) is 0 Å². The van der Waals surface area contributed by atoms with Crippen LogP contribution < -0.4 is 0 Å². The molecule has 0 atom stereocenters. The van der Waals surface area contributed by atoms with Gasteiger partial charge in [0, 0.05) is 6.20 Å². The van der Waals surface area contributed by atoms with E-state index in [1.165, 1.54) is 26.5 Å². The van der Waals surface area contributed by atoms with Crippen LogP contribution in [-0.4, -0.2) is 31.1 Å². The topological polar surface area (TPSA) is 89.3 Å². The standard InChI is InChI=1S/C11H10N2O4/c1-16-9(14)4-8-3-7(5-12)6-13-10(8)11(15)17-2/h3,6H,4H2,1-2H3. The predicted molar refractivity (Wildman–Crippen MR) is 56.0 cm³/mol. The van der Waals surface area contributed by atoms with Crippen molar-refractivity contribution >= 4 is 11.9 Å². The molecule has 1 aromatic rings. The molecule has 6 heteroatoms. The Morgan fingerprint density at radius 1 is 1.41 bits per heavy atom. The van der Waals surface area contributed by atoms with E-state index >= 15 is 0 Å². The van der Waals surface area contributed by atoms with E-state index < -0.39 is 11.9 Å². The van der Waals surface area contributed by atoms with Crippen LogP contribution in [0.5, 0.6) is 0 Å². The van der Waals surface area contributed by atoms with E-state index in [0.29, 0.717) is 5.56 Å². The highest BCUT2D eigenvalue weighted by atomic mass is 16.5. The van der Waals surface area contributed by atoms with Crippen LogP contribution in [-0.2, 0) is 20.7 Å². The number of carbonyl (C=O) groups excluding carboxylic acids is 2. The molecule has 0 aliphatic rings. The normalized spacial score (nSPS) is 9.24. The maximum absolute atomic E-state index is 11.4. The summed E-state index contributed by atoms with van der Waals surface area (Å²) in [7, 11) is 2.45. The Balaban J connectivity index is 3.17. The summed E-state index contributed by atoms with van der Waals surface area (Å²) in [6.45, 7) is 0. The molecule has 0 radical (unpaired) electrons. The fraction of sp³-hybridized carbons (Fsp3) is 0.273. The average molecular weight is 234 g/mol. The number of aromatic nitrogens is 1. The number of rotatable bonds is 3. The molecule has 0 aliphatic heterocycles. The van der Waals surface area contributed by atoms with Gasteiger partial charge in [0.25, 0.3) is 0 Å². The van der Waals surface area contributed by atoms with E-state index in [-0.39, 0.29) is 17.7 Å². The van der Waals surface area contributed by atoms with E-state index in [0.717, 1.165) is 0 Å². The third-order valence-electron chi connectivity index (χ3n) is 2.04. The second-order valence-electron chi connectivity index (χ2n) is 3.09. The fourth-order valence-electron chi connectivity index (χ4n) is 1.21. The largest absolute Gasteiger partial charge is 0.469 e. The van der Waals surface area contributed by atoms with E-state index in [4.69, 9.17) is 5.26 Å². The number of carbonyl (C=O) groups is 2. The number of pyridine rings is 1. The molecular formula is C11H10N2O4. The molecule has 17 heavy (non-hydrogen) atoms. The highest BCUT2D eigenvalue weighted by Crippen LogP contribution is 2.11. The first-order valence-electron chi connectivity index (χ1n) is 4.66. The van der Waals surface area contributed by atoms with Crippen LogP contribution in [0.2, 0.25) is 0 Å². The molecule has 0 saturated heterocycles. The van der Waals surface area contributed by atoms with Gasteiger partial charge in [-0.2, -0.15) is 5.26 Å². The van der Waals surface area contributed by atoms with E-state index in [9.17, 15) is 9.59 Å². The molecule has 0 saturated carbocycles. The Morgan fingerprint density at radius 3 is 2.65 bits per heavy atom. The SMILES string of the molecule is COC(=O)Cc1cc(C#N)cnc1C(=O)OC. The molecule has 0 fully saturated rings. The Morgan fingerprint density at radius 2 is 2.12 bits per heavy atom. The second kappa shape index (κ2) is 5.61. The molecule has 0 spiro atoms. The number of hydrogen-bond donors (Lipinski definition) is 0. The van der Waals surface area contributed by atoms with Gasteiger partial charge in [0.15, 0.2) is 5.69 Å². The second-order valence-corrected chi connectivity index (χ2v) is 3.09. The summed E-state index contributed by atoms with van der Waals surface area (Å²) < 4.78 is 9.02. The Bertz CT molecular complexity index is 491. The van der Waals surface area contributed by atoms with Gasteiger partial charge in [-0.3, -0.25) is 4.79 Å². The third kappa shape index (κ3) is 3.01. The van der Waals surface area contributed by atoms with Crippen LogP contribution in [0.3, 0.4) is 0 Å². The Hall–Kier alpha value is -2.42. The van der Waals surface area contributed by atoms with Crippen LogP contribution in [0.1, 0.15) is 21.6 Å². The zero-order valence-electron chi connectivity index (χ0n) is 9.39. The number of methoxy groups -OCH3 is 2. The fourth-order valence-corrected chi connectivity index (χ4v) is 1.21. The molecule has 0 bridgehead atoms. The summed E-state index contributed by atoms with van der Waals surface area (Å²) in [5.74, 6) is -1.18. The minimum atomic E-state index is -0.659. The van der Waals surface area contributed by atoms with Crippen molar-refractivity contribution in [3.05, 3.63) is 29.1 Å². The van der Waals surface area contributed by atoms with Gasteiger partial charge in [-0.1, -0.05) is 0 Å².